The maximum atomic E-state index is 12.2. The van der Waals surface area contributed by atoms with Gasteiger partial charge in [0.15, 0.2) is 0 Å². The van der Waals surface area contributed by atoms with Crippen LogP contribution in [0.5, 0.6) is 0 Å². The molecule has 3 rings (SSSR count). The fourth-order valence-corrected chi connectivity index (χ4v) is 3.53. The van der Waals surface area contributed by atoms with Gasteiger partial charge in [0.25, 0.3) is 10.0 Å². The van der Waals surface area contributed by atoms with Crippen LogP contribution in [0.3, 0.4) is 0 Å². The Morgan fingerprint density at radius 2 is 1.88 bits per heavy atom. The van der Waals surface area contributed by atoms with E-state index in [-0.39, 0.29) is 17.2 Å². The van der Waals surface area contributed by atoms with Crippen LogP contribution in [0.25, 0.3) is 0 Å². The van der Waals surface area contributed by atoms with E-state index in [1.54, 1.807) is 35.2 Å². The standard InChI is InChI=1S/C17H19N3O4S/c21-17(20-8-10-24-11-9-20)12-14-3-5-15(6-4-14)19-25(22,23)16-2-1-7-18-13-16/h1-7,13,19H,8-12H2. The molecule has 8 heteroatoms. The van der Waals surface area contributed by atoms with E-state index < -0.39 is 10.0 Å². The summed E-state index contributed by atoms with van der Waals surface area (Å²) < 4.78 is 32.2. The summed E-state index contributed by atoms with van der Waals surface area (Å²) in [7, 11) is -3.67. The molecule has 1 saturated heterocycles. The third kappa shape index (κ3) is 4.55. The Morgan fingerprint density at radius 1 is 1.16 bits per heavy atom. The van der Waals surface area contributed by atoms with E-state index in [1.807, 2.05) is 0 Å². The van der Waals surface area contributed by atoms with Crippen molar-refractivity contribution < 1.29 is 17.9 Å². The highest BCUT2D eigenvalue weighted by molar-refractivity contribution is 7.92. The van der Waals surface area contributed by atoms with Gasteiger partial charge in [-0.2, -0.15) is 0 Å². The third-order valence-electron chi connectivity index (χ3n) is 3.87. The van der Waals surface area contributed by atoms with Gasteiger partial charge in [0.05, 0.1) is 19.6 Å². The second-order valence-corrected chi connectivity index (χ2v) is 7.34. The summed E-state index contributed by atoms with van der Waals surface area (Å²) in [6.45, 7) is 2.37. The number of aromatic nitrogens is 1. The summed E-state index contributed by atoms with van der Waals surface area (Å²) in [5, 5.41) is 0. The van der Waals surface area contributed by atoms with Gasteiger partial charge < -0.3 is 9.64 Å². The number of pyridine rings is 1. The van der Waals surface area contributed by atoms with Crippen molar-refractivity contribution in [2.75, 3.05) is 31.0 Å². The van der Waals surface area contributed by atoms with E-state index >= 15 is 0 Å². The lowest BCUT2D eigenvalue weighted by molar-refractivity contribution is -0.134. The predicted octanol–water partition coefficient (Wildman–Crippen LogP) is 1.28. The lowest BCUT2D eigenvalue weighted by atomic mass is 10.1. The molecule has 1 amide bonds. The van der Waals surface area contributed by atoms with Crippen LogP contribution < -0.4 is 4.72 Å². The van der Waals surface area contributed by atoms with Crippen molar-refractivity contribution >= 4 is 21.6 Å². The van der Waals surface area contributed by atoms with Crippen molar-refractivity contribution in [1.82, 2.24) is 9.88 Å². The molecule has 1 aromatic carbocycles. The number of hydrogen-bond acceptors (Lipinski definition) is 5. The van der Waals surface area contributed by atoms with Crippen LogP contribution in [0.1, 0.15) is 5.56 Å². The molecular formula is C17H19N3O4S. The number of hydrogen-bond donors (Lipinski definition) is 1. The van der Waals surface area contributed by atoms with Crippen LogP contribution in [0.4, 0.5) is 5.69 Å². The minimum absolute atomic E-state index is 0.0481. The number of nitrogens with zero attached hydrogens (tertiary/aromatic N) is 2. The maximum Gasteiger partial charge on any atom is 0.263 e. The SMILES string of the molecule is O=C(Cc1ccc(NS(=O)(=O)c2cccnc2)cc1)N1CCOCC1. The smallest absolute Gasteiger partial charge is 0.263 e. The van der Waals surface area contributed by atoms with E-state index in [9.17, 15) is 13.2 Å². The molecule has 1 fully saturated rings. The number of benzene rings is 1. The van der Waals surface area contributed by atoms with Crippen molar-refractivity contribution in [3.05, 3.63) is 54.4 Å². The molecule has 0 unspecified atom stereocenters. The van der Waals surface area contributed by atoms with Gasteiger partial charge in [-0.3, -0.25) is 14.5 Å². The molecule has 2 heterocycles. The van der Waals surface area contributed by atoms with Gasteiger partial charge in [0, 0.05) is 31.2 Å². The third-order valence-corrected chi connectivity index (χ3v) is 5.24. The second-order valence-electron chi connectivity index (χ2n) is 5.66. The molecular weight excluding hydrogens is 342 g/mol. The number of carbonyl (C=O) groups is 1. The Kier molecular flexibility index (Phi) is 5.30. The van der Waals surface area contributed by atoms with E-state index in [4.69, 9.17) is 4.74 Å². The molecule has 0 atom stereocenters. The van der Waals surface area contributed by atoms with Gasteiger partial charge in [-0.1, -0.05) is 12.1 Å². The molecule has 1 aromatic heterocycles. The van der Waals surface area contributed by atoms with Crippen molar-refractivity contribution in [2.45, 2.75) is 11.3 Å². The number of carbonyl (C=O) groups excluding carboxylic acids is 1. The lowest BCUT2D eigenvalue weighted by Gasteiger charge is -2.26. The zero-order chi connectivity index (χ0) is 17.7. The van der Waals surface area contributed by atoms with Crippen molar-refractivity contribution in [3.63, 3.8) is 0 Å². The van der Waals surface area contributed by atoms with Crippen LogP contribution in [0.2, 0.25) is 0 Å². The van der Waals surface area contributed by atoms with Crippen molar-refractivity contribution in [2.24, 2.45) is 0 Å². The minimum Gasteiger partial charge on any atom is -0.378 e. The highest BCUT2D eigenvalue weighted by Gasteiger charge is 2.17. The molecule has 132 valence electrons. The Labute approximate surface area is 146 Å². The Hall–Kier alpha value is -2.45. The first kappa shape index (κ1) is 17.4. The zero-order valence-electron chi connectivity index (χ0n) is 13.6. The largest absolute Gasteiger partial charge is 0.378 e. The van der Waals surface area contributed by atoms with Crippen LogP contribution in [0, 0.1) is 0 Å². The van der Waals surface area contributed by atoms with E-state index in [2.05, 4.69) is 9.71 Å². The van der Waals surface area contributed by atoms with Crippen molar-refractivity contribution in [1.29, 1.82) is 0 Å². The van der Waals surface area contributed by atoms with Crippen LogP contribution in [-0.2, 0) is 26.0 Å². The summed E-state index contributed by atoms with van der Waals surface area (Å²) in [5.74, 6) is 0.0481. The van der Waals surface area contributed by atoms with Gasteiger partial charge >= 0.3 is 0 Å². The molecule has 0 aliphatic carbocycles. The highest BCUT2D eigenvalue weighted by Crippen LogP contribution is 2.16. The number of ether oxygens (including phenoxy) is 1. The summed E-state index contributed by atoms with van der Waals surface area (Å²) in [4.78, 5) is 17.9. The molecule has 0 bridgehead atoms. The molecule has 1 aliphatic heterocycles. The zero-order valence-corrected chi connectivity index (χ0v) is 14.4. The lowest BCUT2D eigenvalue weighted by Crippen LogP contribution is -2.41. The first-order valence-electron chi connectivity index (χ1n) is 7.92. The van der Waals surface area contributed by atoms with E-state index in [0.717, 1.165) is 5.56 Å². The Morgan fingerprint density at radius 3 is 2.52 bits per heavy atom. The van der Waals surface area contributed by atoms with Gasteiger partial charge in [0.1, 0.15) is 4.90 Å². The normalized spacial score (nSPS) is 15.0. The predicted molar refractivity (Wildman–Crippen MR) is 92.6 cm³/mol. The Balaban J connectivity index is 1.63. The number of rotatable bonds is 5. The second kappa shape index (κ2) is 7.62. The fraction of sp³-hybridized carbons (Fsp3) is 0.294. The van der Waals surface area contributed by atoms with Gasteiger partial charge in [-0.25, -0.2) is 8.42 Å². The quantitative estimate of drug-likeness (QED) is 0.867. The van der Waals surface area contributed by atoms with Gasteiger partial charge in [-0.05, 0) is 29.8 Å². The number of amides is 1. The highest BCUT2D eigenvalue weighted by atomic mass is 32.2. The molecule has 1 aliphatic rings. The van der Waals surface area contributed by atoms with E-state index in [0.29, 0.717) is 32.0 Å². The summed E-state index contributed by atoms with van der Waals surface area (Å²) >= 11 is 0. The average molecular weight is 361 g/mol. The molecule has 25 heavy (non-hydrogen) atoms. The topological polar surface area (TPSA) is 88.6 Å². The minimum atomic E-state index is -3.67. The van der Waals surface area contributed by atoms with E-state index in [1.165, 1.54) is 18.5 Å². The van der Waals surface area contributed by atoms with Gasteiger partial charge in [0.2, 0.25) is 5.91 Å². The Bertz CT molecular complexity index is 817. The number of nitrogens with one attached hydrogen (secondary N) is 1. The average Bonchev–Trinajstić information content (AvgIpc) is 2.64. The van der Waals surface area contributed by atoms with Gasteiger partial charge in [-0.15, -0.1) is 0 Å². The molecule has 0 spiro atoms. The molecule has 2 aromatic rings. The summed E-state index contributed by atoms with van der Waals surface area (Å²) in [5.41, 5.74) is 1.27. The number of morpholine rings is 1. The first-order valence-corrected chi connectivity index (χ1v) is 9.40. The summed E-state index contributed by atoms with van der Waals surface area (Å²) in [6.07, 6.45) is 3.09. The molecule has 1 N–H and O–H groups in total. The number of sulfonamides is 1. The monoisotopic (exact) mass is 361 g/mol. The maximum absolute atomic E-state index is 12.2. The first-order chi connectivity index (χ1) is 12.0. The fourth-order valence-electron chi connectivity index (χ4n) is 2.51. The summed E-state index contributed by atoms with van der Waals surface area (Å²) in [6, 6.07) is 9.84. The molecule has 0 saturated carbocycles. The van der Waals surface area contributed by atoms with Crippen LogP contribution in [-0.4, -0.2) is 50.5 Å². The van der Waals surface area contributed by atoms with Crippen molar-refractivity contribution in [3.8, 4) is 0 Å². The number of anilines is 1. The molecule has 7 nitrogen and oxygen atoms in total. The molecule has 0 radical (unpaired) electrons. The van der Waals surface area contributed by atoms with Crippen LogP contribution in [0.15, 0.2) is 53.7 Å². The van der Waals surface area contributed by atoms with Crippen LogP contribution >= 0.6 is 0 Å².